The second-order valence-electron chi connectivity index (χ2n) is 7.54. The molecule has 0 aromatic carbocycles. The van der Waals surface area contributed by atoms with Gasteiger partial charge in [0.1, 0.15) is 0 Å². The molecule has 3 heteroatoms. The topological polar surface area (TPSA) is 55.1 Å². The third-order valence-corrected chi connectivity index (χ3v) is 5.95. The molecule has 1 atom stereocenters. The Hall–Kier alpha value is -0.570. The van der Waals surface area contributed by atoms with Crippen LogP contribution >= 0.6 is 0 Å². The van der Waals surface area contributed by atoms with Crippen LogP contribution in [0.4, 0.5) is 0 Å². The normalized spacial score (nSPS) is 47.1. The van der Waals surface area contributed by atoms with Crippen LogP contribution in [0.1, 0.15) is 51.4 Å². The van der Waals surface area contributed by atoms with Crippen molar-refractivity contribution in [3.63, 3.8) is 0 Å². The highest BCUT2D eigenvalue weighted by Gasteiger charge is 2.55. The summed E-state index contributed by atoms with van der Waals surface area (Å²) in [5.74, 6) is 2.75. The van der Waals surface area contributed by atoms with E-state index >= 15 is 0 Å². The number of nitrogens with two attached hydrogens (primary N) is 1. The maximum absolute atomic E-state index is 12.3. The molecule has 0 radical (unpaired) electrons. The van der Waals surface area contributed by atoms with Gasteiger partial charge < -0.3 is 11.1 Å². The van der Waals surface area contributed by atoms with E-state index in [1.807, 2.05) is 0 Å². The molecule has 5 aliphatic rings. The van der Waals surface area contributed by atoms with E-state index in [1.165, 1.54) is 38.5 Å². The molecule has 0 spiro atoms. The summed E-state index contributed by atoms with van der Waals surface area (Å²) < 4.78 is 0. The van der Waals surface area contributed by atoms with Crippen molar-refractivity contribution in [2.24, 2.45) is 28.9 Å². The van der Waals surface area contributed by atoms with Crippen LogP contribution in [0, 0.1) is 23.2 Å². The van der Waals surface area contributed by atoms with Crippen LogP contribution in [0.5, 0.6) is 0 Å². The second kappa shape index (κ2) is 3.72. The smallest absolute Gasteiger partial charge is 0.237 e. The molecule has 3 N–H and O–H groups in total. The molecule has 0 aliphatic heterocycles. The lowest BCUT2D eigenvalue weighted by Gasteiger charge is -2.58. The molecule has 5 aliphatic carbocycles. The Balaban J connectivity index is 1.53. The van der Waals surface area contributed by atoms with Crippen LogP contribution in [0.15, 0.2) is 0 Å². The average Bonchev–Trinajstić information content (AvgIpc) is 3.10. The minimum absolute atomic E-state index is 0.138. The number of amides is 1. The van der Waals surface area contributed by atoms with Crippen LogP contribution < -0.4 is 11.1 Å². The van der Waals surface area contributed by atoms with E-state index in [0.29, 0.717) is 6.04 Å². The van der Waals surface area contributed by atoms with Crippen molar-refractivity contribution in [1.29, 1.82) is 0 Å². The molecule has 5 saturated carbocycles. The molecular formula is C15H24N2O. The first-order valence-electron chi connectivity index (χ1n) is 7.70. The second-order valence-corrected chi connectivity index (χ2v) is 7.54. The van der Waals surface area contributed by atoms with E-state index in [0.717, 1.165) is 30.6 Å². The highest BCUT2D eigenvalue weighted by Crippen LogP contribution is 2.61. The van der Waals surface area contributed by atoms with E-state index in [9.17, 15) is 4.79 Å². The molecule has 1 unspecified atom stereocenters. The lowest BCUT2D eigenvalue weighted by molar-refractivity contribution is -0.133. The first-order chi connectivity index (χ1) is 8.64. The van der Waals surface area contributed by atoms with Gasteiger partial charge in [-0.25, -0.2) is 0 Å². The van der Waals surface area contributed by atoms with E-state index in [1.54, 1.807) is 0 Å². The third-order valence-electron chi connectivity index (χ3n) is 5.95. The fraction of sp³-hybridized carbons (Fsp3) is 0.933. The van der Waals surface area contributed by atoms with Crippen molar-refractivity contribution >= 4 is 5.91 Å². The van der Waals surface area contributed by atoms with Crippen molar-refractivity contribution in [3.8, 4) is 0 Å². The summed E-state index contributed by atoms with van der Waals surface area (Å²) in [4.78, 5) is 12.3. The van der Waals surface area contributed by atoms with Gasteiger partial charge in [-0.2, -0.15) is 0 Å². The van der Waals surface area contributed by atoms with Crippen LogP contribution in [-0.2, 0) is 4.79 Å². The first kappa shape index (κ1) is 11.3. The van der Waals surface area contributed by atoms with Gasteiger partial charge in [-0.3, -0.25) is 4.79 Å². The Bertz CT molecular complexity index is 339. The first-order valence-corrected chi connectivity index (χ1v) is 7.70. The number of hydrogen-bond acceptors (Lipinski definition) is 2. The van der Waals surface area contributed by atoms with Gasteiger partial charge in [0.15, 0.2) is 0 Å². The summed E-state index contributed by atoms with van der Waals surface area (Å²) in [5.41, 5.74) is 6.54. The Labute approximate surface area is 109 Å². The highest BCUT2D eigenvalue weighted by molar-refractivity contribution is 5.83. The monoisotopic (exact) mass is 248 g/mol. The summed E-state index contributed by atoms with van der Waals surface area (Å²) >= 11 is 0. The van der Waals surface area contributed by atoms with Gasteiger partial charge in [0.25, 0.3) is 0 Å². The van der Waals surface area contributed by atoms with Crippen molar-refractivity contribution in [1.82, 2.24) is 5.32 Å². The van der Waals surface area contributed by atoms with Crippen molar-refractivity contribution in [2.45, 2.75) is 63.5 Å². The predicted octanol–water partition coefficient (Wildman–Crippen LogP) is 1.81. The van der Waals surface area contributed by atoms with Crippen molar-refractivity contribution in [3.05, 3.63) is 0 Å². The number of carbonyl (C=O) groups is 1. The Morgan fingerprint density at radius 2 is 1.56 bits per heavy atom. The molecule has 100 valence electrons. The van der Waals surface area contributed by atoms with Gasteiger partial charge >= 0.3 is 0 Å². The van der Waals surface area contributed by atoms with Crippen LogP contribution in [0.25, 0.3) is 0 Å². The zero-order valence-corrected chi connectivity index (χ0v) is 11.0. The number of carbonyl (C=O) groups excluding carboxylic acids is 1. The minimum atomic E-state index is -0.244. The number of nitrogens with one attached hydrogen (secondary N) is 1. The molecule has 3 nitrogen and oxygen atoms in total. The molecule has 0 aromatic rings. The molecule has 0 saturated heterocycles. The van der Waals surface area contributed by atoms with Gasteiger partial charge in [-0.15, -0.1) is 0 Å². The largest absolute Gasteiger partial charge is 0.352 e. The lowest BCUT2D eigenvalue weighted by atomic mass is 9.47. The molecule has 1 amide bonds. The summed E-state index contributed by atoms with van der Waals surface area (Å²) in [6.45, 7) is 0. The summed E-state index contributed by atoms with van der Waals surface area (Å²) in [5, 5.41) is 3.11. The standard InChI is InChI=1S/C15H24N2O/c16-13(14(18)17-12-1-2-12)15-6-9-3-10(7-15)5-11(4-9)8-15/h9-13H,1-8,16H2,(H,17,18). The summed E-state index contributed by atoms with van der Waals surface area (Å²) in [7, 11) is 0. The molecule has 18 heavy (non-hydrogen) atoms. The molecule has 5 fully saturated rings. The van der Waals surface area contributed by atoms with Gasteiger partial charge in [-0.05, 0) is 74.5 Å². The highest BCUT2D eigenvalue weighted by atomic mass is 16.2. The van der Waals surface area contributed by atoms with Crippen LogP contribution in [-0.4, -0.2) is 18.0 Å². The maximum atomic E-state index is 12.3. The summed E-state index contributed by atoms with van der Waals surface area (Å²) in [6.07, 6.45) is 10.2. The van der Waals surface area contributed by atoms with E-state index in [-0.39, 0.29) is 17.4 Å². The molecule has 5 rings (SSSR count). The van der Waals surface area contributed by atoms with Gasteiger partial charge in [-0.1, -0.05) is 0 Å². The lowest BCUT2D eigenvalue weighted by Crippen LogP contribution is -2.59. The molecule has 0 aromatic heterocycles. The number of rotatable bonds is 3. The molecule has 4 bridgehead atoms. The molecule has 0 heterocycles. The zero-order valence-electron chi connectivity index (χ0n) is 11.0. The Kier molecular flexibility index (Phi) is 2.33. The van der Waals surface area contributed by atoms with E-state index in [4.69, 9.17) is 5.73 Å². The van der Waals surface area contributed by atoms with Crippen molar-refractivity contribution < 1.29 is 4.79 Å². The maximum Gasteiger partial charge on any atom is 0.237 e. The number of hydrogen-bond donors (Lipinski definition) is 2. The fourth-order valence-electron chi connectivity index (χ4n) is 5.36. The fourth-order valence-corrected chi connectivity index (χ4v) is 5.36. The average molecular weight is 248 g/mol. The van der Waals surface area contributed by atoms with Gasteiger partial charge in [0.2, 0.25) is 5.91 Å². The molecular weight excluding hydrogens is 224 g/mol. The van der Waals surface area contributed by atoms with Crippen molar-refractivity contribution in [2.75, 3.05) is 0 Å². The Morgan fingerprint density at radius 3 is 2.00 bits per heavy atom. The Morgan fingerprint density at radius 1 is 1.06 bits per heavy atom. The zero-order chi connectivity index (χ0) is 12.3. The summed E-state index contributed by atoms with van der Waals surface area (Å²) in [6, 6.07) is 0.198. The minimum Gasteiger partial charge on any atom is -0.352 e. The SMILES string of the molecule is NC(C(=O)NC1CC1)C12CC3CC(CC(C3)C1)C2. The van der Waals surface area contributed by atoms with E-state index in [2.05, 4.69) is 5.32 Å². The van der Waals surface area contributed by atoms with E-state index < -0.39 is 0 Å². The van der Waals surface area contributed by atoms with Crippen LogP contribution in [0.2, 0.25) is 0 Å². The quantitative estimate of drug-likeness (QED) is 0.800. The van der Waals surface area contributed by atoms with Crippen LogP contribution in [0.3, 0.4) is 0 Å². The third kappa shape index (κ3) is 1.70. The van der Waals surface area contributed by atoms with Gasteiger partial charge in [0.05, 0.1) is 6.04 Å². The predicted molar refractivity (Wildman–Crippen MR) is 69.7 cm³/mol. The van der Waals surface area contributed by atoms with Gasteiger partial charge in [0, 0.05) is 6.04 Å².